The number of hydrogen-bond acceptors (Lipinski definition) is 4. The minimum absolute atomic E-state index is 0.0301. The van der Waals surface area contributed by atoms with Gasteiger partial charge in [0.25, 0.3) is 0 Å². The molecule has 0 aliphatic carbocycles. The number of hydrazine groups is 1. The molecule has 114 valence electrons. The number of likely N-dealkylation sites (tertiary alicyclic amines) is 1. The number of hydrogen-bond donors (Lipinski definition) is 3. The first-order valence-corrected chi connectivity index (χ1v) is 7.12. The molecule has 1 aromatic rings. The number of benzene rings is 1. The minimum Gasteiger partial charge on any atom is -0.369 e. The van der Waals surface area contributed by atoms with Crippen LogP contribution in [0.4, 0.5) is 0 Å². The summed E-state index contributed by atoms with van der Waals surface area (Å²) in [5.41, 5.74) is 9.58. The summed E-state index contributed by atoms with van der Waals surface area (Å²) >= 11 is 0. The lowest BCUT2D eigenvalue weighted by atomic mass is 9.99. The Morgan fingerprint density at radius 3 is 2.57 bits per heavy atom. The Bertz CT molecular complexity index is 515. The largest absolute Gasteiger partial charge is 0.369 e. The molecule has 0 saturated carbocycles. The van der Waals surface area contributed by atoms with E-state index in [1.807, 2.05) is 31.2 Å². The number of rotatable bonds is 5. The molecule has 0 radical (unpaired) electrons. The van der Waals surface area contributed by atoms with E-state index in [1.54, 1.807) is 0 Å². The molecule has 1 aliphatic heterocycles. The Kier molecular flexibility index (Phi) is 4.93. The Labute approximate surface area is 124 Å². The fraction of sp³-hybridized carbons (Fsp3) is 0.467. The molecule has 1 fully saturated rings. The van der Waals surface area contributed by atoms with Crippen molar-refractivity contribution >= 4 is 11.8 Å². The van der Waals surface area contributed by atoms with Crippen LogP contribution in [0.3, 0.4) is 0 Å². The summed E-state index contributed by atoms with van der Waals surface area (Å²) in [4.78, 5) is 24.9. The van der Waals surface area contributed by atoms with E-state index in [2.05, 4.69) is 10.3 Å². The maximum absolute atomic E-state index is 11.5. The van der Waals surface area contributed by atoms with Crippen LogP contribution in [0.25, 0.3) is 0 Å². The molecule has 2 amide bonds. The van der Waals surface area contributed by atoms with Gasteiger partial charge < -0.3 is 5.73 Å². The highest BCUT2D eigenvalue weighted by Gasteiger charge is 2.26. The molecule has 6 nitrogen and oxygen atoms in total. The van der Waals surface area contributed by atoms with Crippen molar-refractivity contribution in [2.45, 2.75) is 25.8 Å². The lowest BCUT2D eigenvalue weighted by Crippen LogP contribution is -2.33. The van der Waals surface area contributed by atoms with Crippen LogP contribution in [0.15, 0.2) is 24.3 Å². The van der Waals surface area contributed by atoms with Gasteiger partial charge in [-0.3, -0.25) is 19.9 Å². The highest BCUT2D eigenvalue weighted by molar-refractivity contribution is 5.82. The van der Waals surface area contributed by atoms with E-state index in [4.69, 9.17) is 11.6 Å². The Hall–Kier alpha value is -1.92. The van der Waals surface area contributed by atoms with Gasteiger partial charge in [-0.25, -0.2) is 5.84 Å². The van der Waals surface area contributed by atoms with Crippen LogP contribution in [0.1, 0.15) is 30.4 Å². The third-order valence-corrected chi connectivity index (χ3v) is 4.10. The Morgan fingerprint density at radius 2 is 2.05 bits per heavy atom. The number of amides is 2. The molecule has 2 rings (SSSR count). The van der Waals surface area contributed by atoms with Crippen molar-refractivity contribution in [3.63, 3.8) is 0 Å². The summed E-state index contributed by atoms with van der Waals surface area (Å²) < 4.78 is 0. The highest BCUT2D eigenvalue weighted by atomic mass is 16.2. The van der Waals surface area contributed by atoms with Gasteiger partial charge in [0.15, 0.2) is 0 Å². The molecule has 0 spiro atoms. The van der Waals surface area contributed by atoms with E-state index in [0.29, 0.717) is 0 Å². The molecule has 1 aromatic carbocycles. The third kappa shape index (κ3) is 3.80. The van der Waals surface area contributed by atoms with Crippen LogP contribution in [0.2, 0.25) is 0 Å². The minimum atomic E-state index is -0.268. The lowest BCUT2D eigenvalue weighted by molar-refractivity contribution is -0.122. The monoisotopic (exact) mass is 290 g/mol. The summed E-state index contributed by atoms with van der Waals surface area (Å²) in [6, 6.07) is 7.90. The SMILES string of the molecule is CC(C(=O)NN)c1ccc(CN2CCC(C(N)=O)C2)cc1. The van der Waals surface area contributed by atoms with Gasteiger partial charge >= 0.3 is 0 Å². The van der Waals surface area contributed by atoms with Crippen LogP contribution in [0, 0.1) is 5.92 Å². The summed E-state index contributed by atoms with van der Waals surface area (Å²) in [6.07, 6.45) is 0.834. The van der Waals surface area contributed by atoms with Gasteiger partial charge in [0.1, 0.15) is 0 Å². The van der Waals surface area contributed by atoms with Crippen molar-refractivity contribution in [2.75, 3.05) is 13.1 Å². The molecule has 5 N–H and O–H groups in total. The summed E-state index contributed by atoms with van der Waals surface area (Å²) in [6.45, 7) is 4.22. The van der Waals surface area contributed by atoms with E-state index in [9.17, 15) is 9.59 Å². The molecular formula is C15H22N4O2. The van der Waals surface area contributed by atoms with E-state index < -0.39 is 0 Å². The molecule has 1 aliphatic rings. The second-order valence-corrected chi connectivity index (χ2v) is 5.59. The normalized spacial score (nSPS) is 20.2. The average molecular weight is 290 g/mol. The van der Waals surface area contributed by atoms with Gasteiger partial charge in [0.05, 0.1) is 11.8 Å². The Morgan fingerprint density at radius 1 is 1.38 bits per heavy atom. The Balaban J connectivity index is 1.94. The van der Waals surface area contributed by atoms with Crippen molar-refractivity contribution in [3.8, 4) is 0 Å². The van der Waals surface area contributed by atoms with Gasteiger partial charge in [-0.15, -0.1) is 0 Å². The van der Waals surface area contributed by atoms with Crippen LogP contribution >= 0.6 is 0 Å². The van der Waals surface area contributed by atoms with Crippen molar-refractivity contribution in [3.05, 3.63) is 35.4 Å². The number of carbonyl (C=O) groups is 2. The maximum Gasteiger partial charge on any atom is 0.241 e. The van der Waals surface area contributed by atoms with E-state index in [0.717, 1.165) is 37.2 Å². The van der Waals surface area contributed by atoms with Crippen molar-refractivity contribution < 1.29 is 9.59 Å². The fourth-order valence-corrected chi connectivity index (χ4v) is 2.65. The van der Waals surface area contributed by atoms with Crippen LogP contribution in [0.5, 0.6) is 0 Å². The molecular weight excluding hydrogens is 268 g/mol. The van der Waals surface area contributed by atoms with Gasteiger partial charge in [-0.05, 0) is 31.0 Å². The van der Waals surface area contributed by atoms with Crippen LogP contribution in [-0.4, -0.2) is 29.8 Å². The standard InChI is InChI=1S/C15H22N4O2/c1-10(15(21)18-17)12-4-2-11(3-5-12)8-19-7-6-13(9-19)14(16)20/h2-5,10,13H,6-9,17H2,1H3,(H2,16,20)(H,18,21). The molecule has 0 bridgehead atoms. The highest BCUT2D eigenvalue weighted by Crippen LogP contribution is 2.20. The smallest absolute Gasteiger partial charge is 0.241 e. The third-order valence-electron chi connectivity index (χ3n) is 4.10. The van der Waals surface area contributed by atoms with Gasteiger partial charge in [0.2, 0.25) is 11.8 Å². The van der Waals surface area contributed by atoms with Gasteiger partial charge in [0, 0.05) is 13.1 Å². The summed E-state index contributed by atoms with van der Waals surface area (Å²) in [5.74, 6) is 4.43. The van der Waals surface area contributed by atoms with Crippen molar-refractivity contribution in [2.24, 2.45) is 17.5 Å². The zero-order valence-corrected chi connectivity index (χ0v) is 12.2. The summed E-state index contributed by atoms with van der Waals surface area (Å²) in [5, 5.41) is 0. The zero-order chi connectivity index (χ0) is 15.4. The van der Waals surface area contributed by atoms with Gasteiger partial charge in [-0.2, -0.15) is 0 Å². The van der Waals surface area contributed by atoms with Gasteiger partial charge in [-0.1, -0.05) is 24.3 Å². The van der Waals surface area contributed by atoms with Crippen LogP contribution < -0.4 is 17.0 Å². The number of primary amides is 1. The van der Waals surface area contributed by atoms with Crippen LogP contribution in [-0.2, 0) is 16.1 Å². The maximum atomic E-state index is 11.5. The number of nitrogens with two attached hydrogens (primary N) is 2. The zero-order valence-electron chi connectivity index (χ0n) is 12.2. The molecule has 2 atom stereocenters. The number of nitrogens with zero attached hydrogens (tertiary/aromatic N) is 1. The molecule has 6 heteroatoms. The first-order chi connectivity index (χ1) is 10.0. The van der Waals surface area contributed by atoms with Crippen molar-refractivity contribution in [1.82, 2.24) is 10.3 Å². The molecule has 1 saturated heterocycles. The average Bonchev–Trinajstić information content (AvgIpc) is 2.95. The molecule has 0 aromatic heterocycles. The quantitative estimate of drug-likeness (QED) is 0.406. The van der Waals surface area contributed by atoms with E-state index in [1.165, 1.54) is 0 Å². The van der Waals surface area contributed by atoms with Crippen molar-refractivity contribution in [1.29, 1.82) is 0 Å². The lowest BCUT2D eigenvalue weighted by Gasteiger charge is -2.16. The number of nitrogens with one attached hydrogen (secondary N) is 1. The topological polar surface area (TPSA) is 101 Å². The predicted octanol–water partition coefficient (Wildman–Crippen LogP) is 0.0872. The first kappa shape index (κ1) is 15.5. The second-order valence-electron chi connectivity index (χ2n) is 5.59. The second kappa shape index (κ2) is 6.69. The molecule has 1 heterocycles. The van der Waals surface area contributed by atoms with E-state index in [-0.39, 0.29) is 23.7 Å². The molecule has 21 heavy (non-hydrogen) atoms. The number of carbonyl (C=O) groups excluding carboxylic acids is 2. The predicted molar refractivity (Wildman–Crippen MR) is 79.8 cm³/mol. The van der Waals surface area contributed by atoms with E-state index >= 15 is 0 Å². The first-order valence-electron chi connectivity index (χ1n) is 7.12. The summed E-state index contributed by atoms with van der Waals surface area (Å²) in [7, 11) is 0. The molecule has 2 unspecified atom stereocenters. The fourth-order valence-electron chi connectivity index (χ4n) is 2.65.